The molecule has 18 rings (SSSR count). The van der Waals surface area contributed by atoms with Crippen LogP contribution < -0.4 is 58.7 Å². The largest absolute Gasteiger partial charge is 0.504 e. The predicted octanol–water partition coefficient (Wildman–Crippen LogP) is 10.4. The summed E-state index contributed by atoms with van der Waals surface area (Å²) in [6.07, 6.45) is 12.5. The highest BCUT2D eigenvalue weighted by molar-refractivity contribution is 8.93. The van der Waals surface area contributed by atoms with Crippen LogP contribution in [0.5, 0.6) is 69.0 Å². The minimum atomic E-state index is -0.478. The summed E-state index contributed by atoms with van der Waals surface area (Å²) < 4.78 is 46.1. The predicted molar refractivity (Wildman–Crippen MR) is 422 cm³/mol. The van der Waals surface area contributed by atoms with Gasteiger partial charge in [0.1, 0.15) is 39.6 Å². The summed E-state index contributed by atoms with van der Waals surface area (Å²) in [4.78, 5) is 12.3. The fourth-order valence-electron chi connectivity index (χ4n) is 13.9. The number of phenolic OH excluding ortho intramolecular Hbond substituents is 4. The monoisotopic (exact) mass is 1570 g/mol. The van der Waals surface area contributed by atoms with Crippen molar-refractivity contribution in [2.45, 2.75) is 97.9 Å². The smallest absolute Gasteiger partial charge is 0.376 e. The fourth-order valence-corrected chi connectivity index (χ4v) is 14.9. The molecule has 29 heteroatoms. The quantitative estimate of drug-likeness (QED) is 0.0505. The Kier molecular flexibility index (Phi) is 28.7. The van der Waals surface area contributed by atoms with Gasteiger partial charge >= 0.3 is 14.1 Å². The van der Waals surface area contributed by atoms with Crippen molar-refractivity contribution in [3.63, 3.8) is 0 Å². The SMILES string of the molecule is Br.CB(O)N1CCc2cc(O)c(O)cc2C1.CB(O)N1CCc2cc3c(cc2C1)OCCO3.COc1cc2c(cc1OC)CNCC2.Cl.Cl.Oc1cc2c(cc1O)CNCC2.c1c2c(cc3c1OCCO3)CNCC2.c1cc(Cc2cnc(N3CCc4cc5c(cc4C3)OCCO5)s2)cc(-n2cccn2)c1. The summed E-state index contributed by atoms with van der Waals surface area (Å²) in [5.41, 5.74) is 17.2. The Hall–Kier alpha value is -8.31. The van der Waals surface area contributed by atoms with Gasteiger partial charge in [0.15, 0.2) is 74.1 Å². The Labute approximate surface area is 646 Å². The lowest BCUT2D eigenvalue weighted by Gasteiger charge is -2.31. The molecule has 11 heterocycles. The van der Waals surface area contributed by atoms with Crippen LogP contribution in [-0.4, -0.2) is 162 Å². The molecule has 0 atom stereocenters. The molecule has 564 valence electrons. The van der Waals surface area contributed by atoms with Crippen LogP contribution in [0.15, 0.2) is 122 Å². The number of phenols is 4. The van der Waals surface area contributed by atoms with Crippen LogP contribution in [0.25, 0.3) is 5.69 Å². The van der Waals surface area contributed by atoms with E-state index in [0.29, 0.717) is 46.2 Å². The van der Waals surface area contributed by atoms with E-state index in [2.05, 4.69) is 104 Å². The number of halogens is 3. The first kappa shape index (κ1) is 80.2. The van der Waals surface area contributed by atoms with Gasteiger partial charge in [0.2, 0.25) is 0 Å². The van der Waals surface area contributed by atoms with Gasteiger partial charge in [-0.15, -0.1) is 53.1 Å². The zero-order chi connectivity index (χ0) is 71.3. The molecule has 9 aliphatic rings. The van der Waals surface area contributed by atoms with E-state index in [4.69, 9.17) is 42.9 Å². The molecule has 0 amide bonds. The highest BCUT2D eigenvalue weighted by Crippen LogP contribution is 2.40. The summed E-state index contributed by atoms with van der Waals surface area (Å²) in [5.74, 6) is 6.69. The molecule has 0 unspecified atom stereocenters. The van der Waals surface area contributed by atoms with Crippen LogP contribution in [0.1, 0.15) is 77.2 Å². The normalized spacial score (nSPS) is 15.9. The van der Waals surface area contributed by atoms with Crippen molar-refractivity contribution in [3.8, 4) is 74.7 Å². The van der Waals surface area contributed by atoms with E-state index in [1.165, 1.54) is 54.9 Å². The van der Waals surface area contributed by atoms with Crippen molar-refractivity contribution in [2.24, 2.45) is 0 Å². The van der Waals surface area contributed by atoms with Crippen LogP contribution in [-0.2, 0) is 84.2 Å². The van der Waals surface area contributed by atoms with Gasteiger partial charge in [-0.25, -0.2) is 9.67 Å². The number of hydrogen-bond donors (Lipinski definition) is 9. The first-order valence-electron chi connectivity index (χ1n) is 35.5. The van der Waals surface area contributed by atoms with Gasteiger partial charge in [-0.3, -0.25) is 0 Å². The van der Waals surface area contributed by atoms with Crippen LogP contribution in [0.3, 0.4) is 0 Å². The zero-order valence-electron chi connectivity index (χ0n) is 60.1. The van der Waals surface area contributed by atoms with Crippen molar-refractivity contribution < 1.29 is 68.4 Å². The number of benzene rings is 7. The second kappa shape index (κ2) is 38.0. The van der Waals surface area contributed by atoms with Crippen LogP contribution in [0.4, 0.5) is 5.13 Å². The summed E-state index contributed by atoms with van der Waals surface area (Å²) in [6.45, 7) is 18.0. The van der Waals surface area contributed by atoms with Gasteiger partial charge < -0.3 is 98.8 Å². The first-order chi connectivity index (χ1) is 50.2. The average molecular weight is 1570 g/mol. The molecule has 106 heavy (non-hydrogen) atoms. The lowest BCUT2D eigenvalue weighted by molar-refractivity contribution is 0.170. The summed E-state index contributed by atoms with van der Waals surface area (Å²) in [6, 6.07) is 33.7. The van der Waals surface area contributed by atoms with Gasteiger partial charge in [0.05, 0.1) is 19.9 Å². The molecule has 0 aliphatic carbocycles. The van der Waals surface area contributed by atoms with Crippen molar-refractivity contribution in [2.75, 3.05) is 98.0 Å². The number of thiazole rings is 1. The van der Waals surface area contributed by atoms with E-state index < -0.39 is 14.1 Å². The average Bonchev–Trinajstić information content (AvgIpc) is 0.844. The number of nitrogens with one attached hydrogen (secondary N) is 3. The van der Waals surface area contributed by atoms with E-state index in [0.717, 1.165) is 196 Å². The van der Waals surface area contributed by atoms with Crippen molar-refractivity contribution >= 4 is 72.4 Å². The Balaban J connectivity index is 0.000000141. The standard InChI is InChI=1S/C24H22N4O2S.C12H16BNO3.C11H13NO2.C11H15NO2.C10H14BNO3.C9H11NO2.BrH.2ClH/c1-3-17(11-20(4-1)28-7-2-6-26-28)12-21-15-25-24(31-21)27-8-5-18-13-22-23(14-19(18)16-27)30-10-9-29-22;1-13(15)14-3-2-9-6-11-12(7-10(9)8-14)17-5-4-16-11;1-2-12-7-9-6-11-10(5-8(1)9)13-3-4-14-11;1-13-10-5-8-3-4-12-7-9(8)6-11(10)14-2;1-11(15)12-3-2-7-4-9(13)10(14)5-8(7)6-12;11-8-3-6-1-2-10-5-7(6)4-9(8)12;;;/h1-4,6-7,11,13-15H,5,8-10,12,16H2;6-7,15H,2-5,8H2,1H3;5-6,12H,1-4,7H2;5-6,12H,3-4,7H2,1-2H3;4-5,13-15H,2-3,6H2,1H3;3-4,10-12H,1-2,5H2;3*1H. The maximum atomic E-state index is 9.61. The Morgan fingerprint density at radius 2 is 0.858 bits per heavy atom. The summed E-state index contributed by atoms with van der Waals surface area (Å²) >= 11 is 1.78. The third kappa shape index (κ3) is 20.1. The Bertz CT molecular complexity index is 4210. The lowest BCUT2D eigenvalue weighted by atomic mass is 9.81. The number of hydrogen-bond acceptors (Lipinski definition) is 23. The van der Waals surface area contributed by atoms with Crippen LogP contribution in [0.2, 0.25) is 13.6 Å². The molecule has 7 aromatic carbocycles. The lowest BCUT2D eigenvalue weighted by Crippen LogP contribution is -2.40. The van der Waals surface area contributed by atoms with E-state index in [1.54, 1.807) is 62.8 Å². The van der Waals surface area contributed by atoms with E-state index >= 15 is 0 Å². The minimum absolute atomic E-state index is 0. The van der Waals surface area contributed by atoms with Crippen LogP contribution in [0, 0.1) is 0 Å². The molecule has 9 N–H and O–H groups in total. The number of rotatable bonds is 8. The zero-order valence-corrected chi connectivity index (χ0v) is 64.3. The summed E-state index contributed by atoms with van der Waals surface area (Å²) in [7, 11) is 2.47. The molecule has 2 aromatic heterocycles. The first-order valence-corrected chi connectivity index (χ1v) is 36.3. The van der Waals surface area contributed by atoms with Crippen LogP contribution >= 0.6 is 53.1 Å². The van der Waals surface area contributed by atoms with Gasteiger partial charge in [0.25, 0.3) is 0 Å². The molecule has 0 saturated carbocycles. The van der Waals surface area contributed by atoms with Gasteiger partial charge in [-0.05, 0) is 248 Å². The van der Waals surface area contributed by atoms with Crippen molar-refractivity contribution in [3.05, 3.63) is 199 Å². The van der Waals surface area contributed by atoms with Gasteiger partial charge in [-0.2, -0.15) is 5.10 Å². The molecular weight excluding hydrogens is 1480 g/mol. The third-order valence-corrected chi connectivity index (χ3v) is 20.6. The van der Waals surface area contributed by atoms with Crippen molar-refractivity contribution in [1.29, 1.82) is 0 Å². The highest BCUT2D eigenvalue weighted by atomic mass is 79.9. The highest BCUT2D eigenvalue weighted by Gasteiger charge is 2.28. The molecule has 9 aliphatic heterocycles. The van der Waals surface area contributed by atoms with Crippen molar-refractivity contribution in [1.82, 2.24) is 40.3 Å². The molecule has 0 saturated heterocycles. The number of aromatic nitrogens is 3. The topological polar surface area (TPSA) is 272 Å². The molecule has 0 bridgehead atoms. The fraction of sp³-hybridized carbons (Fsp3) is 0.377. The number of ether oxygens (including phenoxy) is 8. The summed E-state index contributed by atoms with van der Waals surface area (Å²) in [5, 5.41) is 71.5. The molecule has 0 fully saturated rings. The molecule has 9 aromatic rings. The number of aromatic hydroxyl groups is 4. The second-order valence-electron chi connectivity index (χ2n) is 26.6. The second-order valence-corrected chi connectivity index (χ2v) is 27.6. The van der Waals surface area contributed by atoms with E-state index in [9.17, 15) is 30.5 Å². The van der Waals surface area contributed by atoms with Gasteiger partial charge in [0, 0.05) is 75.7 Å². The minimum Gasteiger partial charge on any atom is -0.504 e. The van der Waals surface area contributed by atoms with E-state index in [-0.39, 0.29) is 64.8 Å². The molecule has 0 radical (unpaired) electrons. The third-order valence-electron chi connectivity index (χ3n) is 19.6. The molecular formula is C77H94B2BrCl2N9O14S. The van der Waals surface area contributed by atoms with E-state index in [1.807, 2.05) is 34.8 Å². The Morgan fingerprint density at radius 1 is 0.472 bits per heavy atom. The maximum Gasteiger partial charge on any atom is 0.376 e. The Morgan fingerprint density at radius 3 is 1.34 bits per heavy atom. The maximum absolute atomic E-state index is 9.61. The number of fused-ring (bicyclic) bond motifs is 9. The number of methoxy groups -OCH3 is 2. The number of nitrogens with zero attached hydrogens (tertiary/aromatic N) is 6. The molecule has 0 spiro atoms. The van der Waals surface area contributed by atoms with Gasteiger partial charge in [-0.1, -0.05) is 12.1 Å². The molecule has 23 nitrogen and oxygen atoms in total. The number of anilines is 1.